The number of para-hydroxylation sites is 1. The SMILES string of the molecule is Cc1cc(N=Nc2cc(S(=O)(=O)[O-])c3cc(Nc4ccccc4)ccc3c2[O-])c([O-])cc1N=Nc1cc(S(=O)(=O)[O-])c2cccc(S(=O)(=O)[O-])c2c1.[Cu+2]. The van der Waals surface area contributed by atoms with Crippen LogP contribution in [0.1, 0.15) is 5.56 Å². The standard InChI is InChI=1S/C33H25N5O11S3.Cu/c1-18-12-27(29(39)16-26(18)36-35-21-14-24-22(31(15-21)51(44,45)46)8-5-9-30(24)50(41,42)43)37-38-28-17-32(52(47,48)49)25-13-20(10-11-23(25)33(28)40)34-19-6-3-2-4-7-19;/h2-17,34,39-40H,1H3,(H,41,42,43)(H,44,45,46)(H,47,48,49);/q;+2/p-5. The Morgan fingerprint density at radius 3 is 1.77 bits per heavy atom. The van der Waals surface area contributed by atoms with Crippen LogP contribution in [0.3, 0.4) is 0 Å². The summed E-state index contributed by atoms with van der Waals surface area (Å²) in [5.41, 5.74) is 0.0570. The van der Waals surface area contributed by atoms with Crippen LogP contribution in [-0.2, 0) is 47.4 Å². The fourth-order valence-corrected chi connectivity index (χ4v) is 7.35. The van der Waals surface area contributed by atoms with Crippen LogP contribution in [0.2, 0.25) is 0 Å². The van der Waals surface area contributed by atoms with Crippen LogP contribution in [0.4, 0.5) is 34.1 Å². The summed E-state index contributed by atoms with van der Waals surface area (Å²) >= 11 is 0. The van der Waals surface area contributed by atoms with Crippen LogP contribution in [0, 0.1) is 6.92 Å². The van der Waals surface area contributed by atoms with E-state index in [-0.39, 0.29) is 61.2 Å². The molecule has 53 heavy (non-hydrogen) atoms. The number of hydrogen-bond donors (Lipinski definition) is 1. The molecule has 0 saturated heterocycles. The molecule has 0 aromatic heterocycles. The molecule has 275 valence electrons. The zero-order chi connectivity index (χ0) is 37.6. The molecule has 6 aromatic carbocycles. The van der Waals surface area contributed by atoms with Gasteiger partial charge in [-0.15, -0.1) is 0 Å². The Morgan fingerprint density at radius 2 is 1.11 bits per heavy atom. The molecule has 0 spiro atoms. The summed E-state index contributed by atoms with van der Waals surface area (Å²) in [7, 11) is -15.4. The number of benzene rings is 6. The van der Waals surface area contributed by atoms with Gasteiger partial charge in [-0.05, 0) is 78.5 Å². The fourth-order valence-electron chi connectivity index (χ4n) is 5.26. The first-order valence-electron chi connectivity index (χ1n) is 14.6. The predicted octanol–water partition coefficient (Wildman–Crippen LogP) is 5.73. The first kappa shape index (κ1) is 38.9. The maximum Gasteiger partial charge on any atom is 2.00 e. The topological polar surface area (TPSA) is 279 Å². The summed E-state index contributed by atoms with van der Waals surface area (Å²) in [6.45, 7) is 1.47. The van der Waals surface area contributed by atoms with Gasteiger partial charge in [-0.2, -0.15) is 20.5 Å². The average molecular weight is 822 g/mol. The monoisotopic (exact) mass is 821 g/mol. The van der Waals surface area contributed by atoms with Crippen molar-refractivity contribution < 1.29 is 66.2 Å². The van der Waals surface area contributed by atoms with Gasteiger partial charge in [0.05, 0.1) is 37.4 Å². The Balaban J connectivity index is 0.00000541. The van der Waals surface area contributed by atoms with Gasteiger partial charge in [0.15, 0.2) is 0 Å². The van der Waals surface area contributed by atoms with E-state index < -0.39 is 62.2 Å². The third-order valence-corrected chi connectivity index (χ3v) is 10.3. The van der Waals surface area contributed by atoms with Gasteiger partial charge in [0.25, 0.3) is 0 Å². The van der Waals surface area contributed by atoms with Gasteiger partial charge in [-0.3, -0.25) is 0 Å². The Morgan fingerprint density at radius 1 is 0.509 bits per heavy atom. The molecule has 0 aliphatic carbocycles. The summed E-state index contributed by atoms with van der Waals surface area (Å²) in [4.78, 5) is -2.38. The van der Waals surface area contributed by atoms with Gasteiger partial charge in [0, 0.05) is 27.5 Å². The van der Waals surface area contributed by atoms with Crippen molar-refractivity contribution in [3.63, 3.8) is 0 Å². The predicted molar refractivity (Wildman–Crippen MR) is 180 cm³/mol. The molecule has 0 heterocycles. The Labute approximate surface area is 312 Å². The molecule has 0 amide bonds. The van der Waals surface area contributed by atoms with E-state index in [1.165, 1.54) is 31.2 Å². The third-order valence-electron chi connectivity index (χ3n) is 7.62. The van der Waals surface area contributed by atoms with E-state index in [4.69, 9.17) is 0 Å². The van der Waals surface area contributed by atoms with Crippen molar-refractivity contribution in [2.75, 3.05) is 5.32 Å². The Kier molecular flexibility index (Phi) is 10.7. The molecule has 0 atom stereocenters. The largest absolute Gasteiger partial charge is 2.00 e. The van der Waals surface area contributed by atoms with E-state index in [0.717, 1.165) is 42.5 Å². The van der Waals surface area contributed by atoms with Gasteiger partial charge in [0.1, 0.15) is 30.4 Å². The first-order valence-corrected chi connectivity index (χ1v) is 18.8. The van der Waals surface area contributed by atoms with Crippen molar-refractivity contribution in [2.24, 2.45) is 20.5 Å². The summed E-state index contributed by atoms with van der Waals surface area (Å²) < 4.78 is 108. The van der Waals surface area contributed by atoms with Crippen molar-refractivity contribution in [3.8, 4) is 11.5 Å². The van der Waals surface area contributed by atoms with Crippen LogP contribution in [0.15, 0.2) is 132 Å². The van der Waals surface area contributed by atoms with Crippen molar-refractivity contribution >= 4 is 86.0 Å². The summed E-state index contributed by atoms with van der Waals surface area (Å²) in [5, 5.41) is 43.6. The smallest absolute Gasteiger partial charge is 0.871 e. The maximum absolute atomic E-state index is 13.3. The summed E-state index contributed by atoms with van der Waals surface area (Å²) in [5.74, 6) is -1.57. The second kappa shape index (κ2) is 14.6. The number of fused-ring (bicyclic) bond motifs is 2. The van der Waals surface area contributed by atoms with Gasteiger partial charge in [-0.1, -0.05) is 47.9 Å². The van der Waals surface area contributed by atoms with Crippen LogP contribution >= 0.6 is 0 Å². The van der Waals surface area contributed by atoms with E-state index in [0.29, 0.717) is 11.4 Å². The average Bonchev–Trinajstić information content (AvgIpc) is 3.07. The van der Waals surface area contributed by atoms with E-state index in [9.17, 15) is 49.1 Å². The number of nitrogens with zero attached hydrogens (tertiary/aromatic N) is 4. The number of anilines is 2. The third kappa shape index (κ3) is 8.35. The minimum atomic E-state index is -5.18. The van der Waals surface area contributed by atoms with Crippen molar-refractivity contribution in [2.45, 2.75) is 21.6 Å². The van der Waals surface area contributed by atoms with Gasteiger partial charge in [0.2, 0.25) is 0 Å². The molecule has 6 aromatic rings. The van der Waals surface area contributed by atoms with Crippen LogP contribution < -0.4 is 15.5 Å². The molecule has 16 nitrogen and oxygen atoms in total. The molecular formula is C33H20CuN5O11S3-3. The van der Waals surface area contributed by atoms with E-state index in [1.807, 2.05) is 0 Å². The second-order valence-corrected chi connectivity index (χ2v) is 15.2. The van der Waals surface area contributed by atoms with Gasteiger partial charge < -0.3 is 29.2 Å². The number of nitrogens with one attached hydrogen (secondary N) is 1. The van der Waals surface area contributed by atoms with Crippen LogP contribution in [0.5, 0.6) is 11.5 Å². The van der Waals surface area contributed by atoms with Crippen molar-refractivity contribution in [1.82, 2.24) is 0 Å². The van der Waals surface area contributed by atoms with Crippen LogP contribution in [-0.4, -0.2) is 38.9 Å². The zero-order valence-corrected chi connectivity index (χ0v) is 29.9. The minimum Gasteiger partial charge on any atom is -0.871 e. The normalized spacial score (nSPS) is 12.5. The molecule has 0 fully saturated rings. The Hall–Kier alpha value is -5.31. The molecule has 0 bridgehead atoms. The quantitative estimate of drug-likeness (QED) is 0.104. The molecule has 1 radical (unpaired) electrons. The zero-order valence-electron chi connectivity index (χ0n) is 26.5. The van der Waals surface area contributed by atoms with Crippen LogP contribution in [0.25, 0.3) is 21.5 Å². The summed E-state index contributed by atoms with van der Waals surface area (Å²) in [6, 6.07) is 21.0. The fraction of sp³-hybridized carbons (Fsp3) is 0.0303. The number of rotatable bonds is 9. The number of hydrogen-bond acceptors (Lipinski definition) is 16. The molecule has 0 aliphatic rings. The molecule has 0 unspecified atom stereocenters. The molecule has 20 heteroatoms. The minimum absolute atomic E-state index is 0. The molecule has 6 rings (SSSR count). The van der Waals surface area contributed by atoms with Gasteiger partial charge >= 0.3 is 17.1 Å². The molecule has 1 N–H and O–H groups in total. The first-order chi connectivity index (χ1) is 24.4. The number of azo groups is 2. The number of aryl methyl sites for hydroxylation is 1. The van der Waals surface area contributed by atoms with E-state index >= 15 is 0 Å². The van der Waals surface area contributed by atoms with Crippen molar-refractivity contribution in [1.29, 1.82) is 0 Å². The van der Waals surface area contributed by atoms with E-state index in [1.54, 1.807) is 30.3 Å². The Bertz CT molecular complexity index is 2840. The molecule has 0 aliphatic heterocycles. The maximum atomic E-state index is 13.3. The van der Waals surface area contributed by atoms with E-state index in [2.05, 4.69) is 25.8 Å². The molecular weight excluding hydrogens is 802 g/mol. The van der Waals surface area contributed by atoms with Crippen molar-refractivity contribution in [3.05, 3.63) is 103 Å². The molecule has 0 saturated carbocycles. The van der Waals surface area contributed by atoms with Gasteiger partial charge in [-0.25, -0.2) is 25.3 Å². The summed E-state index contributed by atoms with van der Waals surface area (Å²) in [6.07, 6.45) is 0. The second-order valence-electron chi connectivity index (χ2n) is 11.1.